The van der Waals surface area contributed by atoms with Crippen molar-refractivity contribution in [2.24, 2.45) is 0 Å². The Hall–Kier alpha value is -1.26. The molecule has 0 aromatic heterocycles. The third-order valence-electron chi connectivity index (χ3n) is 2.58. The maximum absolute atomic E-state index is 5.49. The Labute approximate surface area is 116 Å². The van der Waals surface area contributed by atoms with Crippen LogP contribution in [0.1, 0.15) is 27.2 Å². The molecule has 0 amide bonds. The molecule has 1 aromatic carbocycles. The summed E-state index contributed by atoms with van der Waals surface area (Å²) in [5, 5.41) is 3.35. The second-order valence-electron chi connectivity index (χ2n) is 4.01. The summed E-state index contributed by atoms with van der Waals surface area (Å²) in [6.07, 6.45) is 0.708. The van der Waals surface area contributed by atoms with E-state index in [1.807, 2.05) is 45.0 Å². The fourth-order valence-corrected chi connectivity index (χ4v) is 1.76. The van der Waals surface area contributed by atoms with E-state index in [9.17, 15) is 0 Å². The minimum atomic E-state index is -0.120. The van der Waals surface area contributed by atoms with Gasteiger partial charge in [0.2, 0.25) is 0 Å². The number of hydrogen-bond donors (Lipinski definition) is 1. The van der Waals surface area contributed by atoms with Gasteiger partial charge in [-0.1, -0.05) is 0 Å². The normalized spacial score (nSPS) is 10.7. The van der Waals surface area contributed by atoms with Gasteiger partial charge in [-0.3, -0.25) is 0 Å². The Balaban J connectivity index is 2.30. The van der Waals surface area contributed by atoms with Crippen LogP contribution in [-0.2, 0) is 9.47 Å². The molecule has 0 saturated heterocycles. The molecule has 108 valence electrons. The molecular formula is C15H25NO3. The summed E-state index contributed by atoms with van der Waals surface area (Å²) in [5.74, 6) is 0.898. The lowest BCUT2D eigenvalue weighted by molar-refractivity contribution is -0.137. The largest absolute Gasteiger partial charge is 0.494 e. The third-order valence-corrected chi connectivity index (χ3v) is 2.58. The molecule has 0 aliphatic heterocycles. The summed E-state index contributed by atoms with van der Waals surface area (Å²) in [5.41, 5.74) is 1.08. The van der Waals surface area contributed by atoms with Crippen LogP contribution in [0.2, 0.25) is 0 Å². The maximum atomic E-state index is 5.49. The lowest BCUT2D eigenvalue weighted by atomic mass is 10.3. The van der Waals surface area contributed by atoms with Gasteiger partial charge < -0.3 is 19.5 Å². The van der Waals surface area contributed by atoms with E-state index >= 15 is 0 Å². The highest BCUT2D eigenvalue weighted by Gasteiger charge is 2.06. The first kappa shape index (κ1) is 15.8. The number of anilines is 1. The molecule has 0 spiro atoms. The van der Waals surface area contributed by atoms with Gasteiger partial charge in [0.25, 0.3) is 0 Å². The quantitative estimate of drug-likeness (QED) is 0.660. The first-order valence-electron chi connectivity index (χ1n) is 7.00. The fourth-order valence-electron chi connectivity index (χ4n) is 1.76. The summed E-state index contributed by atoms with van der Waals surface area (Å²) >= 11 is 0. The Kier molecular flexibility index (Phi) is 8.02. The van der Waals surface area contributed by atoms with Crippen LogP contribution in [0, 0.1) is 0 Å². The average molecular weight is 267 g/mol. The molecular weight excluding hydrogens is 242 g/mol. The zero-order chi connectivity index (χ0) is 13.9. The molecule has 0 aliphatic carbocycles. The highest BCUT2D eigenvalue weighted by atomic mass is 16.7. The van der Waals surface area contributed by atoms with Gasteiger partial charge in [0.15, 0.2) is 6.29 Å². The smallest absolute Gasteiger partial charge is 0.159 e. The van der Waals surface area contributed by atoms with Crippen molar-refractivity contribution < 1.29 is 14.2 Å². The van der Waals surface area contributed by atoms with Crippen molar-refractivity contribution in [3.05, 3.63) is 24.3 Å². The number of benzene rings is 1. The van der Waals surface area contributed by atoms with Crippen molar-refractivity contribution in [3.8, 4) is 5.75 Å². The molecule has 0 bridgehead atoms. The van der Waals surface area contributed by atoms with Crippen LogP contribution in [0.15, 0.2) is 24.3 Å². The van der Waals surface area contributed by atoms with Crippen LogP contribution in [0.25, 0.3) is 0 Å². The van der Waals surface area contributed by atoms with E-state index in [4.69, 9.17) is 14.2 Å². The standard InChI is InChI=1S/C15H25NO3/c1-4-17-14-9-7-13(8-10-14)16-12-11-15(18-5-2)19-6-3/h7-10,15-16H,4-6,11-12H2,1-3H3. The number of nitrogens with one attached hydrogen (secondary N) is 1. The van der Waals surface area contributed by atoms with Gasteiger partial charge in [-0.2, -0.15) is 0 Å². The molecule has 1 aromatic rings. The van der Waals surface area contributed by atoms with Gasteiger partial charge in [-0.25, -0.2) is 0 Å². The first-order valence-corrected chi connectivity index (χ1v) is 7.00. The van der Waals surface area contributed by atoms with Crippen molar-refractivity contribution in [2.75, 3.05) is 31.7 Å². The summed E-state index contributed by atoms with van der Waals surface area (Å²) < 4.78 is 16.4. The summed E-state index contributed by atoms with van der Waals surface area (Å²) in [6, 6.07) is 7.96. The van der Waals surface area contributed by atoms with Crippen LogP contribution in [0.4, 0.5) is 5.69 Å². The van der Waals surface area contributed by atoms with Crippen LogP contribution in [0.5, 0.6) is 5.75 Å². The topological polar surface area (TPSA) is 39.7 Å². The van der Waals surface area contributed by atoms with E-state index in [0.717, 1.165) is 24.4 Å². The average Bonchev–Trinajstić information content (AvgIpc) is 2.41. The first-order chi connectivity index (χ1) is 9.30. The van der Waals surface area contributed by atoms with Gasteiger partial charge in [-0.05, 0) is 45.0 Å². The van der Waals surface area contributed by atoms with E-state index in [0.29, 0.717) is 19.8 Å². The van der Waals surface area contributed by atoms with Crippen molar-refractivity contribution in [3.63, 3.8) is 0 Å². The Morgan fingerprint density at radius 1 is 0.947 bits per heavy atom. The van der Waals surface area contributed by atoms with Crippen molar-refractivity contribution in [1.82, 2.24) is 0 Å². The molecule has 4 nitrogen and oxygen atoms in total. The van der Waals surface area contributed by atoms with Crippen LogP contribution >= 0.6 is 0 Å². The monoisotopic (exact) mass is 267 g/mol. The Bertz CT molecular complexity index is 321. The highest BCUT2D eigenvalue weighted by Crippen LogP contribution is 2.15. The lowest BCUT2D eigenvalue weighted by Crippen LogP contribution is -2.21. The van der Waals surface area contributed by atoms with Crippen LogP contribution < -0.4 is 10.1 Å². The van der Waals surface area contributed by atoms with E-state index in [1.54, 1.807) is 0 Å². The zero-order valence-corrected chi connectivity index (χ0v) is 12.1. The Morgan fingerprint density at radius 3 is 2.11 bits per heavy atom. The van der Waals surface area contributed by atoms with Gasteiger partial charge in [0.1, 0.15) is 5.75 Å². The molecule has 1 N–H and O–H groups in total. The minimum absolute atomic E-state index is 0.120. The molecule has 0 saturated carbocycles. The molecule has 0 unspecified atom stereocenters. The molecule has 0 fully saturated rings. The SMILES string of the molecule is CCOc1ccc(NCCC(OCC)OCC)cc1. The van der Waals surface area contributed by atoms with Crippen molar-refractivity contribution in [2.45, 2.75) is 33.5 Å². The predicted octanol–water partition coefficient (Wildman–Crippen LogP) is 3.29. The molecule has 0 heterocycles. The molecule has 0 atom stereocenters. The lowest BCUT2D eigenvalue weighted by Gasteiger charge is -2.17. The number of ether oxygens (including phenoxy) is 3. The minimum Gasteiger partial charge on any atom is -0.494 e. The summed E-state index contributed by atoms with van der Waals surface area (Å²) in [4.78, 5) is 0. The third kappa shape index (κ3) is 6.45. The highest BCUT2D eigenvalue weighted by molar-refractivity contribution is 5.46. The van der Waals surface area contributed by atoms with Crippen LogP contribution in [-0.4, -0.2) is 32.7 Å². The fraction of sp³-hybridized carbons (Fsp3) is 0.600. The second-order valence-corrected chi connectivity index (χ2v) is 4.01. The van der Waals surface area contributed by atoms with E-state index < -0.39 is 0 Å². The summed E-state index contributed by atoms with van der Waals surface area (Å²) in [6.45, 7) is 8.79. The van der Waals surface area contributed by atoms with E-state index in [2.05, 4.69) is 5.32 Å². The molecule has 1 rings (SSSR count). The number of rotatable bonds is 10. The Morgan fingerprint density at radius 2 is 1.58 bits per heavy atom. The number of hydrogen-bond acceptors (Lipinski definition) is 4. The van der Waals surface area contributed by atoms with Crippen molar-refractivity contribution >= 4 is 5.69 Å². The zero-order valence-electron chi connectivity index (χ0n) is 12.1. The van der Waals surface area contributed by atoms with Gasteiger partial charge in [-0.15, -0.1) is 0 Å². The van der Waals surface area contributed by atoms with Crippen molar-refractivity contribution in [1.29, 1.82) is 0 Å². The van der Waals surface area contributed by atoms with E-state index in [-0.39, 0.29) is 6.29 Å². The maximum Gasteiger partial charge on any atom is 0.159 e. The van der Waals surface area contributed by atoms with Gasteiger partial charge >= 0.3 is 0 Å². The molecule has 19 heavy (non-hydrogen) atoms. The predicted molar refractivity (Wildman–Crippen MR) is 77.8 cm³/mol. The molecule has 4 heteroatoms. The van der Waals surface area contributed by atoms with Gasteiger partial charge in [0.05, 0.1) is 6.61 Å². The summed E-state index contributed by atoms with van der Waals surface area (Å²) in [7, 11) is 0. The van der Waals surface area contributed by atoms with E-state index in [1.165, 1.54) is 0 Å². The molecule has 0 radical (unpaired) electrons. The van der Waals surface area contributed by atoms with Crippen LogP contribution in [0.3, 0.4) is 0 Å². The second kappa shape index (κ2) is 9.64. The van der Waals surface area contributed by atoms with Gasteiger partial charge in [0, 0.05) is 31.9 Å². The molecule has 0 aliphatic rings.